The molecule has 0 aliphatic heterocycles. The first-order valence-electron chi connectivity index (χ1n) is 8.20. The summed E-state index contributed by atoms with van der Waals surface area (Å²) in [5.41, 5.74) is 2.50. The van der Waals surface area contributed by atoms with Gasteiger partial charge in [-0.2, -0.15) is 5.10 Å². The van der Waals surface area contributed by atoms with E-state index < -0.39 is 0 Å². The molecule has 0 atom stereocenters. The van der Waals surface area contributed by atoms with Crippen LogP contribution in [0.1, 0.15) is 43.6 Å². The fourth-order valence-corrected chi connectivity index (χ4v) is 3.33. The van der Waals surface area contributed by atoms with Crippen molar-refractivity contribution in [3.63, 3.8) is 0 Å². The van der Waals surface area contributed by atoms with E-state index in [9.17, 15) is 4.79 Å². The number of nitrogens with one attached hydrogen (secondary N) is 1. The van der Waals surface area contributed by atoms with E-state index in [1.807, 2.05) is 32.2 Å². The van der Waals surface area contributed by atoms with Crippen LogP contribution in [0.15, 0.2) is 34.5 Å². The van der Waals surface area contributed by atoms with Gasteiger partial charge in [-0.25, -0.2) is 0 Å². The van der Waals surface area contributed by atoms with Crippen LogP contribution in [0.3, 0.4) is 0 Å². The molecule has 0 saturated heterocycles. The van der Waals surface area contributed by atoms with Crippen LogP contribution in [0.2, 0.25) is 0 Å². The average Bonchev–Trinajstić information content (AvgIpc) is 3.18. The van der Waals surface area contributed by atoms with E-state index in [1.165, 1.54) is 19.3 Å². The van der Waals surface area contributed by atoms with Crippen molar-refractivity contribution in [1.29, 1.82) is 0 Å². The Labute approximate surface area is 136 Å². The van der Waals surface area contributed by atoms with E-state index >= 15 is 0 Å². The maximum atomic E-state index is 11.9. The molecular weight excluding hydrogens is 290 g/mol. The van der Waals surface area contributed by atoms with E-state index in [2.05, 4.69) is 10.4 Å². The first kappa shape index (κ1) is 15.6. The van der Waals surface area contributed by atoms with Gasteiger partial charge < -0.3 is 9.73 Å². The third kappa shape index (κ3) is 3.38. The first-order chi connectivity index (χ1) is 11.2. The Bertz CT molecular complexity index is 692. The van der Waals surface area contributed by atoms with Gasteiger partial charge in [0.2, 0.25) is 0 Å². The molecule has 1 saturated carbocycles. The summed E-state index contributed by atoms with van der Waals surface area (Å²) in [4.78, 5) is 11.9. The SMILES string of the molecule is Cc1cc(N/C(=C(\C=O)C2CCCCC2)c2ccco2)n(C)n1. The fourth-order valence-electron chi connectivity index (χ4n) is 3.33. The molecule has 2 heterocycles. The summed E-state index contributed by atoms with van der Waals surface area (Å²) in [6.45, 7) is 1.95. The van der Waals surface area contributed by atoms with Crippen LogP contribution < -0.4 is 5.32 Å². The molecule has 0 unspecified atom stereocenters. The molecule has 122 valence electrons. The Morgan fingerprint density at radius 2 is 2.17 bits per heavy atom. The number of nitrogens with zero attached hydrogens (tertiary/aromatic N) is 2. The lowest BCUT2D eigenvalue weighted by molar-refractivity contribution is -0.105. The Balaban J connectivity index is 2.01. The zero-order valence-electron chi connectivity index (χ0n) is 13.7. The van der Waals surface area contributed by atoms with Crippen molar-refractivity contribution in [2.24, 2.45) is 13.0 Å². The maximum absolute atomic E-state index is 11.9. The van der Waals surface area contributed by atoms with Crippen LogP contribution in [-0.4, -0.2) is 16.1 Å². The summed E-state index contributed by atoms with van der Waals surface area (Å²) in [6.07, 6.45) is 8.36. The van der Waals surface area contributed by atoms with E-state index in [-0.39, 0.29) is 0 Å². The number of furan rings is 1. The van der Waals surface area contributed by atoms with Crippen molar-refractivity contribution >= 4 is 17.8 Å². The lowest BCUT2D eigenvalue weighted by Crippen LogP contribution is -2.15. The average molecular weight is 313 g/mol. The highest BCUT2D eigenvalue weighted by molar-refractivity contribution is 5.91. The predicted molar refractivity (Wildman–Crippen MR) is 89.8 cm³/mol. The van der Waals surface area contributed by atoms with Crippen LogP contribution in [0.4, 0.5) is 5.82 Å². The summed E-state index contributed by atoms with van der Waals surface area (Å²) in [5, 5.41) is 7.73. The summed E-state index contributed by atoms with van der Waals surface area (Å²) in [7, 11) is 1.89. The second-order valence-corrected chi connectivity index (χ2v) is 6.18. The van der Waals surface area contributed by atoms with Gasteiger partial charge in [0.1, 0.15) is 12.1 Å². The van der Waals surface area contributed by atoms with E-state index in [0.717, 1.165) is 41.9 Å². The van der Waals surface area contributed by atoms with Crippen molar-refractivity contribution in [2.75, 3.05) is 5.32 Å². The summed E-state index contributed by atoms with van der Waals surface area (Å²) in [5.74, 6) is 1.84. The summed E-state index contributed by atoms with van der Waals surface area (Å²) >= 11 is 0. The van der Waals surface area contributed by atoms with Gasteiger partial charge >= 0.3 is 0 Å². The van der Waals surface area contributed by atoms with Crippen molar-refractivity contribution in [3.8, 4) is 0 Å². The molecule has 2 aromatic rings. The van der Waals surface area contributed by atoms with Gasteiger partial charge in [-0.1, -0.05) is 19.3 Å². The second kappa shape index (κ2) is 6.86. The van der Waals surface area contributed by atoms with Crippen LogP contribution in [0, 0.1) is 12.8 Å². The number of carbonyl (C=O) groups excluding carboxylic acids is 1. The monoisotopic (exact) mass is 313 g/mol. The Morgan fingerprint density at radius 3 is 2.74 bits per heavy atom. The van der Waals surface area contributed by atoms with Crippen LogP contribution in [0.5, 0.6) is 0 Å². The van der Waals surface area contributed by atoms with Gasteiger partial charge in [-0.15, -0.1) is 0 Å². The summed E-state index contributed by atoms with van der Waals surface area (Å²) in [6, 6.07) is 5.69. The fraction of sp³-hybridized carbons (Fsp3) is 0.444. The lowest BCUT2D eigenvalue weighted by atomic mass is 9.83. The lowest BCUT2D eigenvalue weighted by Gasteiger charge is -2.24. The van der Waals surface area contributed by atoms with Crippen molar-refractivity contribution in [3.05, 3.63) is 41.5 Å². The highest BCUT2D eigenvalue weighted by atomic mass is 16.3. The molecule has 23 heavy (non-hydrogen) atoms. The molecule has 0 aromatic carbocycles. The van der Waals surface area contributed by atoms with Gasteiger partial charge in [-0.3, -0.25) is 9.48 Å². The number of carbonyl (C=O) groups is 1. The van der Waals surface area contributed by atoms with Crippen molar-refractivity contribution < 1.29 is 9.21 Å². The number of hydrogen-bond acceptors (Lipinski definition) is 4. The molecule has 3 rings (SSSR count). The molecule has 1 aliphatic carbocycles. The standard InChI is InChI=1S/C18H23N3O2/c1-13-11-17(21(2)20-13)19-18(16-9-6-10-23-16)15(12-22)14-7-4-3-5-8-14/h6,9-12,14,19H,3-5,7-8H2,1-2H3/b18-15+. The van der Waals surface area contributed by atoms with Crippen molar-refractivity contribution in [2.45, 2.75) is 39.0 Å². The second-order valence-electron chi connectivity index (χ2n) is 6.18. The van der Waals surface area contributed by atoms with Gasteiger partial charge in [0.15, 0.2) is 5.76 Å². The number of anilines is 1. The molecule has 0 radical (unpaired) electrons. The van der Waals surface area contributed by atoms with Crippen LogP contribution in [0.25, 0.3) is 5.70 Å². The number of aldehydes is 1. The number of aryl methyl sites for hydroxylation is 2. The third-order valence-electron chi connectivity index (χ3n) is 4.48. The Morgan fingerprint density at radius 1 is 1.39 bits per heavy atom. The Kier molecular flexibility index (Phi) is 4.65. The largest absolute Gasteiger partial charge is 0.463 e. The predicted octanol–water partition coefficient (Wildman–Crippen LogP) is 3.92. The molecule has 5 heteroatoms. The first-order valence-corrected chi connectivity index (χ1v) is 8.20. The highest BCUT2D eigenvalue weighted by Crippen LogP contribution is 2.34. The molecule has 1 fully saturated rings. The van der Waals surface area contributed by atoms with Gasteiger partial charge in [0, 0.05) is 18.7 Å². The zero-order valence-corrected chi connectivity index (χ0v) is 13.7. The minimum absolute atomic E-state index is 0.295. The zero-order chi connectivity index (χ0) is 16.2. The number of hydrogen-bond donors (Lipinski definition) is 1. The van der Waals surface area contributed by atoms with E-state index in [1.54, 1.807) is 10.9 Å². The molecule has 2 aromatic heterocycles. The van der Waals surface area contributed by atoms with E-state index in [0.29, 0.717) is 11.7 Å². The maximum Gasteiger partial charge on any atom is 0.150 e. The topological polar surface area (TPSA) is 60.1 Å². The third-order valence-corrected chi connectivity index (χ3v) is 4.48. The number of rotatable bonds is 5. The number of aromatic nitrogens is 2. The Hall–Kier alpha value is -2.30. The molecule has 1 N–H and O–H groups in total. The molecule has 1 aliphatic rings. The molecule has 5 nitrogen and oxygen atoms in total. The minimum Gasteiger partial charge on any atom is -0.463 e. The molecule has 0 bridgehead atoms. The van der Waals surface area contributed by atoms with Crippen LogP contribution >= 0.6 is 0 Å². The van der Waals surface area contributed by atoms with Crippen molar-refractivity contribution in [1.82, 2.24) is 9.78 Å². The van der Waals surface area contributed by atoms with Crippen LogP contribution in [-0.2, 0) is 11.8 Å². The number of allylic oxidation sites excluding steroid dienone is 1. The van der Waals surface area contributed by atoms with Gasteiger partial charge in [0.05, 0.1) is 17.7 Å². The van der Waals surface area contributed by atoms with Gasteiger partial charge in [-0.05, 0) is 37.8 Å². The smallest absolute Gasteiger partial charge is 0.150 e. The molecule has 0 amide bonds. The van der Waals surface area contributed by atoms with Gasteiger partial charge in [0.25, 0.3) is 0 Å². The van der Waals surface area contributed by atoms with E-state index in [4.69, 9.17) is 4.42 Å². The molecular formula is C18H23N3O2. The normalized spacial score (nSPS) is 17.0. The quantitative estimate of drug-likeness (QED) is 0.671. The molecule has 0 spiro atoms. The highest BCUT2D eigenvalue weighted by Gasteiger charge is 2.23. The minimum atomic E-state index is 0.295. The summed E-state index contributed by atoms with van der Waals surface area (Å²) < 4.78 is 7.36.